The number of amides is 3. The molecule has 0 bridgehead atoms. The molecule has 0 spiro atoms. The molecule has 136 valence electrons. The van der Waals surface area contributed by atoms with Crippen LogP contribution in [0.2, 0.25) is 0 Å². The third kappa shape index (κ3) is 7.79. The van der Waals surface area contributed by atoms with Gasteiger partial charge >= 0.3 is 5.97 Å². The number of esters is 1. The Labute approximate surface area is 153 Å². The zero-order valence-electron chi connectivity index (χ0n) is 13.9. The van der Waals surface area contributed by atoms with Gasteiger partial charge in [0, 0.05) is 16.6 Å². The zero-order chi connectivity index (χ0) is 18.8. The highest BCUT2D eigenvalue weighted by Crippen LogP contribution is 2.10. The smallest absolute Gasteiger partial charge is 0.325 e. The van der Waals surface area contributed by atoms with E-state index in [1.54, 1.807) is 31.2 Å². The van der Waals surface area contributed by atoms with Crippen molar-refractivity contribution in [3.8, 4) is 0 Å². The fourth-order valence-corrected chi connectivity index (χ4v) is 1.99. The molecule has 9 heteroatoms. The van der Waals surface area contributed by atoms with E-state index in [-0.39, 0.29) is 12.5 Å². The van der Waals surface area contributed by atoms with Crippen LogP contribution in [0.5, 0.6) is 0 Å². The van der Waals surface area contributed by atoms with Crippen LogP contribution in [0.15, 0.2) is 28.7 Å². The van der Waals surface area contributed by atoms with Crippen molar-refractivity contribution in [2.45, 2.75) is 19.9 Å². The van der Waals surface area contributed by atoms with Gasteiger partial charge in [0.1, 0.15) is 12.6 Å². The molecule has 0 aliphatic rings. The second kappa shape index (κ2) is 10.4. The van der Waals surface area contributed by atoms with E-state index in [1.165, 1.54) is 6.92 Å². The van der Waals surface area contributed by atoms with Gasteiger partial charge in [0.05, 0.1) is 0 Å². The molecule has 0 radical (unpaired) electrons. The van der Waals surface area contributed by atoms with Gasteiger partial charge in [-0.15, -0.1) is 0 Å². The minimum Gasteiger partial charge on any atom is -0.454 e. The molecular formula is C16H20BrN3O5. The molecule has 1 aromatic carbocycles. The number of carbonyl (C=O) groups excluding carboxylic acids is 4. The molecule has 0 saturated heterocycles. The van der Waals surface area contributed by atoms with E-state index in [0.29, 0.717) is 12.1 Å². The standard InChI is InChI=1S/C16H20BrN3O5/c1-3-18-15(23)10(2)20-13(21)9-25-14(22)8-19-16(24)11-4-6-12(17)7-5-11/h4-7,10H,3,8-9H2,1-2H3,(H,18,23)(H,19,24)(H,20,21)/t10-/m1/s1. The normalized spacial score (nSPS) is 11.2. The van der Waals surface area contributed by atoms with E-state index in [9.17, 15) is 19.2 Å². The van der Waals surface area contributed by atoms with Crippen LogP contribution in [0, 0.1) is 0 Å². The van der Waals surface area contributed by atoms with Crippen LogP contribution in [0.1, 0.15) is 24.2 Å². The third-order valence-electron chi connectivity index (χ3n) is 2.99. The SMILES string of the molecule is CCNC(=O)[C@@H](C)NC(=O)COC(=O)CNC(=O)c1ccc(Br)cc1. The molecule has 1 aromatic rings. The van der Waals surface area contributed by atoms with Crippen molar-refractivity contribution in [2.75, 3.05) is 19.7 Å². The average Bonchev–Trinajstić information content (AvgIpc) is 2.58. The van der Waals surface area contributed by atoms with Gasteiger partial charge in [-0.3, -0.25) is 19.2 Å². The highest BCUT2D eigenvalue weighted by molar-refractivity contribution is 9.10. The van der Waals surface area contributed by atoms with Crippen LogP contribution in [0.4, 0.5) is 0 Å². The zero-order valence-corrected chi connectivity index (χ0v) is 15.5. The number of nitrogens with one attached hydrogen (secondary N) is 3. The Balaban J connectivity index is 2.30. The Morgan fingerprint density at radius 2 is 1.76 bits per heavy atom. The molecule has 3 N–H and O–H groups in total. The first-order chi connectivity index (χ1) is 11.8. The highest BCUT2D eigenvalue weighted by atomic mass is 79.9. The summed E-state index contributed by atoms with van der Waals surface area (Å²) in [5, 5.41) is 7.34. The van der Waals surface area contributed by atoms with Crippen molar-refractivity contribution < 1.29 is 23.9 Å². The Hall–Kier alpha value is -2.42. The van der Waals surface area contributed by atoms with Crippen molar-refractivity contribution in [1.29, 1.82) is 0 Å². The van der Waals surface area contributed by atoms with Crippen LogP contribution in [-0.4, -0.2) is 49.4 Å². The largest absolute Gasteiger partial charge is 0.454 e. The summed E-state index contributed by atoms with van der Waals surface area (Å²) < 4.78 is 5.57. The fraction of sp³-hybridized carbons (Fsp3) is 0.375. The first kappa shape index (κ1) is 20.6. The van der Waals surface area contributed by atoms with Crippen LogP contribution in [0.3, 0.4) is 0 Å². The molecular weight excluding hydrogens is 394 g/mol. The van der Waals surface area contributed by atoms with Gasteiger partial charge in [-0.2, -0.15) is 0 Å². The lowest BCUT2D eigenvalue weighted by molar-refractivity contribution is -0.147. The second-order valence-electron chi connectivity index (χ2n) is 5.03. The maximum absolute atomic E-state index is 11.8. The first-order valence-corrected chi connectivity index (χ1v) is 8.39. The number of likely N-dealkylation sites (N-methyl/N-ethyl adjacent to an activating group) is 1. The monoisotopic (exact) mass is 413 g/mol. The van der Waals surface area contributed by atoms with Crippen molar-refractivity contribution in [1.82, 2.24) is 16.0 Å². The summed E-state index contributed by atoms with van der Waals surface area (Å²) in [6.45, 7) is 2.83. The second-order valence-corrected chi connectivity index (χ2v) is 5.95. The summed E-state index contributed by atoms with van der Waals surface area (Å²) in [6.07, 6.45) is 0. The van der Waals surface area contributed by atoms with E-state index in [4.69, 9.17) is 4.74 Å². The number of benzene rings is 1. The van der Waals surface area contributed by atoms with E-state index in [2.05, 4.69) is 31.9 Å². The molecule has 1 rings (SSSR count). The molecule has 8 nitrogen and oxygen atoms in total. The third-order valence-corrected chi connectivity index (χ3v) is 3.51. The summed E-state index contributed by atoms with van der Waals surface area (Å²) in [5.41, 5.74) is 0.393. The van der Waals surface area contributed by atoms with Crippen molar-refractivity contribution in [3.63, 3.8) is 0 Å². The predicted molar refractivity (Wildman–Crippen MR) is 93.7 cm³/mol. The molecule has 25 heavy (non-hydrogen) atoms. The maximum Gasteiger partial charge on any atom is 0.325 e. The number of ether oxygens (including phenoxy) is 1. The van der Waals surface area contributed by atoms with E-state index in [0.717, 1.165) is 4.47 Å². The summed E-state index contributed by atoms with van der Waals surface area (Å²) in [7, 11) is 0. The van der Waals surface area contributed by atoms with Gasteiger partial charge in [0.25, 0.3) is 11.8 Å². The lowest BCUT2D eigenvalue weighted by Crippen LogP contribution is -2.46. The van der Waals surface area contributed by atoms with Crippen LogP contribution < -0.4 is 16.0 Å². The van der Waals surface area contributed by atoms with Gasteiger partial charge in [0.15, 0.2) is 6.61 Å². The lowest BCUT2D eigenvalue weighted by atomic mass is 10.2. The topological polar surface area (TPSA) is 114 Å². The molecule has 0 fully saturated rings. The van der Waals surface area contributed by atoms with Crippen LogP contribution >= 0.6 is 15.9 Å². The minimum atomic E-state index is -0.758. The van der Waals surface area contributed by atoms with Crippen LogP contribution in [-0.2, 0) is 19.1 Å². The number of rotatable bonds is 8. The number of carbonyl (C=O) groups is 4. The van der Waals surface area contributed by atoms with Gasteiger partial charge in [-0.05, 0) is 38.1 Å². The van der Waals surface area contributed by atoms with Crippen molar-refractivity contribution >= 4 is 39.6 Å². The summed E-state index contributed by atoms with van der Waals surface area (Å²) in [5.74, 6) is -2.12. The summed E-state index contributed by atoms with van der Waals surface area (Å²) in [6, 6.07) is 5.87. The highest BCUT2D eigenvalue weighted by Gasteiger charge is 2.16. The Morgan fingerprint density at radius 1 is 1.12 bits per heavy atom. The minimum absolute atomic E-state index is 0.330. The van der Waals surface area contributed by atoms with Gasteiger partial charge in [-0.1, -0.05) is 15.9 Å². The predicted octanol–water partition coefficient (Wildman–Crippen LogP) is 0.363. The Bertz CT molecular complexity index is 633. The maximum atomic E-state index is 11.8. The average molecular weight is 414 g/mol. The molecule has 0 aliphatic carbocycles. The van der Waals surface area contributed by atoms with Crippen LogP contribution in [0.25, 0.3) is 0 Å². The van der Waals surface area contributed by atoms with E-state index >= 15 is 0 Å². The number of hydrogen-bond acceptors (Lipinski definition) is 5. The molecule has 1 atom stereocenters. The number of halogens is 1. The van der Waals surface area contributed by atoms with Gasteiger partial charge in [0.2, 0.25) is 5.91 Å². The quantitative estimate of drug-likeness (QED) is 0.532. The molecule has 0 aliphatic heterocycles. The van der Waals surface area contributed by atoms with Crippen molar-refractivity contribution in [3.05, 3.63) is 34.3 Å². The Morgan fingerprint density at radius 3 is 2.36 bits per heavy atom. The molecule has 0 heterocycles. The van der Waals surface area contributed by atoms with Gasteiger partial charge < -0.3 is 20.7 Å². The number of hydrogen-bond donors (Lipinski definition) is 3. The molecule has 0 aromatic heterocycles. The van der Waals surface area contributed by atoms with Crippen molar-refractivity contribution in [2.24, 2.45) is 0 Å². The van der Waals surface area contributed by atoms with Gasteiger partial charge in [-0.25, -0.2) is 0 Å². The summed E-state index contributed by atoms with van der Waals surface area (Å²) >= 11 is 3.26. The Kier molecular flexibility index (Phi) is 8.62. The molecule has 0 unspecified atom stereocenters. The molecule has 0 saturated carbocycles. The fourth-order valence-electron chi connectivity index (χ4n) is 1.73. The molecule has 3 amide bonds. The lowest BCUT2D eigenvalue weighted by Gasteiger charge is -2.13. The van der Waals surface area contributed by atoms with E-state index in [1.807, 2.05) is 0 Å². The first-order valence-electron chi connectivity index (χ1n) is 7.60. The summed E-state index contributed by atoms with van der Waals surface area (Å²) in [4.78, 5) is 46.4. The van der Waals surface area contributed by atoms with E-state index < -0.39 is 30.4 Å².